The van der Waals surface area contributed by atoms with Crippen molar-refractivity contribution < 1.29 is 24.4 Å². The summed E-state index contributed by atoms with van der Waals surface area (Å²) >= 11 is 0. The van der Waals surface area contributed by atoms with Gasteiger partial charge in [-0.2, -0.15) is 0 Å². The number of nitro benzene ring substituents is 1. The Morgan fingerprint density at radius 1 is 1.09 bits per heavy atom. The van der Waals surface area contributed by atoms with Crippen molar-refractivity contribution in [2.75, 3.05) is 7.11 Å². The number of rotatable bonds is 4. The van der Waals surface area contributed by atoms with E-state index in [1.165, 1.54) is 31.4 Å². The molecule has 112 valence electrons. The monoisotopic (exact) mass is 301 g/mol. The molecule has 7 nitrogen and oxygen atoms in total. The van der Waals surface area contributed by atoms with Gasteiger partial charge in [-0.3, -0.25) is 10.1 Å². The predicted octanol–water partition coefficient (Wildman–Crippen LogP) is 2.75. The van der Waals surface area contributed by atoms with Gasteiger partial charge in [0.2, 0.25) is 0 Å². The lowest BCUT2D eigenvalue weighted by Crippen LogP contribution is -2.02. The molecule has 0 aliphatic carbocycles. The normalized spacial score (nSPS) is 10.0. The third-order valence-corrected chi connectivity index (χ3v) is 2.99. The maximum absolute atomic E-state index is 11.5. The summed E-state index contributed by atoms with van der Waals surface area (Å²) in [5, 5.41) is 20.0. The standard InChI is InChI=1S/C15H11NO6/c1-22-15(19)10-4-2-3-9(5-10)11-6-12(14(17)18)8-13(7-11)16(20)21/h2-8H,1H3,(H,17,18). The highest BCUT2D eigenvalue weighted by Crippen LogP contribution is 2.27. The van der Waals surface area contributed by atoms with Crippen molar-refractivity contribution in [3.05, 3.63) is 63.7 Å². The molecule has 0 aliphatic rings. The molecule has 0 bridgehead atoms. The fourth-order valence-electron chi connectivity index (χ4n) is 1.95. The van der Waals surface area contributed by atoms with Crippen molar-refractivity contribution in [2.24, 2.45) is 0 Å². The molecule has 2 aromatic carbocycles. The molecule has 2 aromatic rings. The van der Waals surface area contributed by atoms with E-state index in [1.54, 1.807) is 12.1 Å². The van der Waals surface area contributed by atoms with Crippen molar-refractivity contribution >= 4 is 17.6 Å². The summed E-state index contributed by atoms with van der Waals surface area (Å²) in [6, 6.07) is 9.77. The molecule has 0 amide bonds. The summed E-state index contributed by atoms with van der Waals surface area (Å²) in [6.07, 6.45) is 0. The van der Waals surface area contributed by atoms with Crippen molar-refractivity contribution in [1.82, 2.24) is 0 Å². The van der Waals surface area contributed by atoms with Crippen molar-refractivity contribution in [1.29, 1.82) is 0 Å². The van der Waals surface area contributed by atoms with Gasteiger partial charge >= 0.3 is 11.9 Å². The first-order valence-corrected chi connectivity index (χ1v) is 6.14. The zero-order chi connectivity index (χ0) is 16.3. The summed E-state index contributed by atoms with van der Waals surface area (Å²) in [4.78, 5) is 32.9. The van der Waals surface area contributed by atoms with Crippen LogP contribution in [0.5, 0.6) is 0 Å². The third-order valence-electron chi connectivity index (χ3n) is 2.99. The van der Waals surface area contributed by atoms with Gasteiger partial charge in [-0.25, -0.2) is 9.59 Å². The van der Waals surface area contributed by atoms with Crippen molar-refractivity contribution in [2.45, 2.75) is 0 Å². The smallest absolute Gasteiger partial charge is 0.337 e. The fraction of sp³-hybridized carbons (Fsp3) is 0.0667. The van der Waals surface area contributed by atoms with Gasteiger partial charge in [-0.1, -0.05) is 12.1 Å². The zero-order valence-corrected chi connectivity index (χ0v) is 11.5. The number of nitrogens with zero attached hydrogens (tertiary/aromatic N) is 1. The first kappa shape index (κ1) is 15.2. The number of carbonyl (C=O) groups excluding carboxylic acids is 1. The van der Waals surface area contributed by atoms with Crippen LogP contribution in [0.25, 0.3) is 11.1 Å². The number of non-ortho nitro benzene ring substituents is 1. The van der Waals surface area contributed by atoms with Gasteiger partial charge in [0.05, 0.1) is 23.2 Å². The largest absolute Gasteiger partial charge is 0.478 e. The molecule has 0 saturated heterocycles. The Bertz CT molecular complexity index is 736. The second-order valence-corrected chi connectivity index (χ2v) is 4.40. The summed E-state index contributed by atoms with van der Waals surface area (Å²) in [6.45, 7) is 0. The van der Waals surface area contributed by atoms with Crippen molar-refractivity contribution in [3.8, 4) is 11.1 Å². The van der Waals surface area contributed by atoms with Gasteiger partial charge in [0.15, 0.2) is 0 Å². The average Bonchev–Trinajstić information content (AvgIpc) is 2.53. The minimum atomic E-state index is -1.27. The SMILES string of the molecule is COC(=O)c1cccc(-c2cc(C(=O)O)cc([N+](=O)[O-])c2)c1. The van der Waals surface area contributed by atoms with E-state index in [0.717, 1.165) is 6.07 Å². The number of benzene rings is 2. The number of ether oxygens (including phenoxy) is 1. The zero-order valence-electron chi connectivity index (χ0n) is 11.5. The number of hydrogen-bond acceptors (Lipinski definition) is 5. The van der Waals surface area contributed by atoms with Crippen LogP contribution in [0.4, 0.5) is 5.69 Å². The van der Waals surface area contributed by atoms with Crippen LogP contribution in [0, 0.1) is 10.1 Å². The van der Waals surface area contributed by atoms with Gasteiger partial charge in [-0.05, 0) is 29.3 Å². The summed E-state index contributed by atoms with van der Waals surface area (Å²) in [5.74, 6) is -1.82. The van der Waals surface area contributed by atoms with Crippen LogP contribution in [-0.4, -0.2) is 29.1 Å². The van der Waals surface area contributed by atoms with Crippen LogP contribution >= 0.6 is 0 Å². The highest BCUT2D eigenvalue weighted by molar-refractivity contribution is 5.93. The van der Waals surface area contributed by atoms with Gasteiger partial charge in [-0.15, -0.1) is 0 Å². The lowest BCUT2D eigenvalue weighted by molar-refractivity contribution is -0.384. The molecule has 0 fully saturated rings. The quantitative estimate of drug-likeness (QED) is 0.528. The molecule has 1 N–H and O–H groups in total. The summed E-state index contributed by atoms with van der Waals surface area (Å²) < 4.78 is 4.61. The number of methoxy groups -OCH3 is 1. The fourth-order valence-corrected chi connectivity index (χ4v) is 1.95. The number of aromatic carboxylic acids is 1. The number of carboxylic acid groups (broad SMARTS) is 1. The number of esters is 1. The molecule has 0 atom stereocenters. The molecule has 2 rings (SSSR count). The molecule has 0 heterocycles. The first-order chi connectivity index (χ1) is 10.4. The third kappa shape index (κ3) is 3.09. The van der Waals surface area contributed by atoms with E-state index < -0.39 is 16.9 Å². The number of hydrogen-bond donors (Lipinski definition) is 1. The van der Waals surface area contributed by atoms with E-state index in [9.17, 15) is 19.7 Å². The molecular formula is C15H11NO6. The van der Waals surface area contributed by atoms with E-state index in [1.807, 2.05) is 0 Å². The van der Waals surface area contributed by atoms with E-state index in [4.69, 9.17) is 5.11 Å². The van der Waals surface area contributed by atoms with Crippen molar-refractivity contribution in [3.63, 3.8) is 0 Å². The molecule has 0 saturated carbocycles. The maximum atomic E-state index is 11.5. The maximum Gasteiger partial charge on any atom is 0.337 e. The summed E-state index contributed by atoms with van der Waals surface area (Å²) in [7, 11) is 1.24. The molecule has 22 heavy (non-hydrogen) atoms. The van der Waals surface area contributed by atoms with Gasteiger partial charge in [0, 0.05) is 12.1 Å². The molecule has 0 radical (unpaired) electrons. The summed E-state index contributed by atoms with van der Waals surface area (Å²) in [5.41, 5.74) is 0.542. The van der Waals surface area contributed by atoms with E-state index >= 15 is 0 Å². The number of nitro groups is 1. The molecule has 0 aromatic heterocycles. The van der Waals surface area contributed by atoms with Crippen LogP contribution in [0.3, 0.4) is 0 Å². The number of carbonyl (C=O) groups is 2. The molecule has 0 spiro atoms. The first-order valence-electron chi connectivity index (χ1n) is 6.14. The highest BCUT2D eigenvalue weighted by atomic mass is 16.6. The van der Waals surface area contributed by atoms with Crippen LogP contribution in [0.1, 0.15) is 20.7 Å². The van der Waals surface area contributed by atoms with Crippen LogP contribution in [-0.2, 0) is 4.74 Å². The Balaban J connectivity index is 2.59. The van der Waals surface area contributed by atoms with Gasteiger partial charge < -0.3 is 9.84 Å². The predicted molar refractivity (Wildman–Crippen MR) is 76.8 cm³/mol. The minimum absolute atomic E-state index is 0.201. The Hall–Kier alpha value is -3.22. The molecule has 0 unspecified atom stereocenters. The van der Waals surface area contributed by atoms with Gasteiger partial charge in [0.25, 0.3) is 5.69 Å². The second-order valence-electron chi connectivity index (χ2n) is 4.40. The lowest BCUT2D eigenvalue weighted by atomic mass is 10.00. The van der Waals surface area contributed by atoms with Crippen LogP contribution in [0.15, 0.2) is 42.5 Å². The Labute approximate surface area is 124 Å². The Morgan fingerprint density at radius 2 is 1.77 bits per heavy atom. The van der Waals surface area contributed by atoms with E-state index in [0.29, 0.717) is 11.1 Å². The van der Waals surface area contributed by atoms with Gasteiger partial charge in [0.1, 0.15) is 0 Å². The Kier molecular flexibility index (Phi) is 4.17. The van der Waals surface area contributed by atoms with E-state index in [-0.39, 0.29) is 16.8 Å². The van der Waals surface area contributed by atoms with Crippen LogP contribution in [0.2, 0.25) is 0 Å². The molecule has 7 heteroatoms. The highest BCUT2D eigenvalue weighted by Gasteiger charge is 2.15. The average molecular weight is 301 g/mol. The topological polar surface area (TPSA) is 107 Å². The lowest BCUT2D eigenvalue weighted by Gasteiger charge is -2.06. The minimum Gasteiger partial charge on any atom is -0.478 e. The second kappa shape index (κ2) is 6.04. The van der Waals surface area contributed by atoms with E-state index in [2.05, 4.69) is 4.74 Å². The Morgan fingerprint density at radius 3 is 2.36 bits per heavy atom. The molecular weight excluding hydrogens is 290 g/mol. The number of carboxylic acids is 1. The van der Waals surface area contributed by atoms with Crippen LogP contribution < -0.4 is 0 Å². The molecule has 0 aliphatic heterocycles.